The molecule has 2 aromatic rings. The number of anilines is 1. The van der Waals surface area contributed by atoms with Crippen LogP contribution in [0.4, 0.5) is 11.4 Å². The van der Waals surface area contributed by atoms with Crippen molar-refractivity contribution in [2.45, 2.75) is 58.9 Å². The lowest BCUT2D eigenvalue weighted by atomic mass is 9.79. The highest BCUT2D eigenvalue weighted by molar-refractivity contribution is 9.10. The summed E-state index contributed by atoms with van der Waals surface area (Å²) in [7, 11) is 0. The van der Waals surface area contributed by atoms with Crippen LogP contribution in [0.1, 0.15) is 63.1 Å². The van der Waals surface area contributed by atoms with Crippen molar-refractivity contribution in [3.8, 4) is 0 Å². The van der Waals surface area contributed by atoms with Gasteiger partial charge in [0.1, 0.15) is 0 Å². The highest BCUT2D eigenvalue weighted by atomic mass is 79.9. The molecule has 0 bridgehead atoms. The molecule has 1 aliphatic heterocycles. The summed E-state index contributed by atoms with van der Waals surface area (Å²) in [5.41, 5.74) is 5.90. The molecule has 3 rings (SSSR count). The SMILES string of the molecule is CCCN1c2cc(Cl)c(C=Nc3ccc(C)cc3Br)cc2C(C)CC1(C)C. The van der Waals surface area contributed by atoms with E-state index in [1.165, 1.54) is 16.8 Å². The van der Waals surface area contributed by atoms with Crippen LogP contribution in [0, 0.1) is 6.92 Å². The van der Waals surface area contributed by atoms with Crippen molar-refractivity contribution in [1.29, 1.82) is 0 Å². The predicted octanol–water partition coefficient (Wildman–Crippen LogP) is 7.66. The average Bonchev–Trinajstić information content (AvgIpc) is 2.58. The Morgan fingerprint density at radius 2 is 2.04 bits per heavy atom. The fourth-order valence-corrected chi connectivity index (χ4v) is 4.92. The Morgan fingerprint density at radius 1 is 1.30 bits per heavy atom. The fraction of sp³-hybridized carbons (Fsp3) is 0.435. The molecule has 1 unspecified atom stereocenters. The molecule has 0 N–H and O–H groups in total. The molecule has 0 aliphatic carbocycles. The molecule has 0 aromatic heterocycles. The van der Waals surface area contributed by atoms with Gasteiger partial charge in [-0.05, 0) is 90.9 Å². The van der Waals surface area contributed by atoms with E-state index in [-0.39, 0.29) is 5.54 Å². The number of rotatable bonds is 4. The zero-order valence-corrected chi connectivity index (χ0v) is 19.2. The summed E-state index contributed by atoms with van der Waals surface area (Å²) in [5, 5.41) is 0.756. The van der Waals surface area contributed by atoms with Gasteiger partial charge >= 0.3 is 0 Å². The summed E-state index contributed by atoms with van der Waals surface area (Å²) in [5.74, 6) is 0.499. The van der Waals surface area contributed by atoms with Crippen LogP contribution in [0.3, 0.4) is 0 Å². The highest BCUT2D eigenvalue weighted by Crippen LogP contribution is 2.45. The summed E-state index contributed by atoms with van der Waals surface area (Å²) in [6.45, 7) is 12.3. The summed E-state index contributed by atoms with van der Waals surface area (Å²) in [6, 6.07) is 10.5. The second-order valence-corrected chi connectivity index (χ2v) is 9.48. The van der Waals surface area contributed by atoms with Crippen LogP contribution in [0.25, 0.3) is 0 Å². The Labute approximate surface area is 176 Å². The molecule has 1 heterocycles. The maximum Gasteiger partial charge on any atom is 0.0772 e. The first-order chi connectivity index (χ1) is 12.7. The van der Waals surface area contributed by atoms with Crippen LogP contribution in [0.2, 0.25) is 5.02 Å². The van der Waals surface area contributed by atoms with Crippen molar-refractivity contribution < 1.29 is 0 Å². The standard InChI is InChI=1S/C23H28BrClN2/c1-6-9-27-22-12-20(25)17(11-18(22)16(3)13-23(27,4)5)14-26-21-8-7-15(2)10-19(21)24/h7-8,10-12,14,16H,6,9,13H2,1-5H3. The first-order valence-electron chi connectivity index (χ1n) is 9.64. The number of hydrogen-bond acceptors (Lipinski definition) is 2. The van der Waals surface area contributed by atoms with Gasteiger partial charge < -0.3 is 4.90 Å². The molecule has 0 saturated heterocycles. The number of aliphatic imine (C=N–C) groups is 1. The van der Waals surface area contributed by atoms with E-state index in [0.29, 0.717) is 5.92 Å². The number of benzene rings is 2. The average molecular weight is 448 g/mol. The molecule has 0 saturated carbocycles. The van der Waals surface area contributed by atoms with E-state index in [4.69, 9.17) is 11.6 Å². The quantitative estimate of drug-likeness (QED) is 0.439. The van der Waals surface area contributed by atoms with Gasteiger partial charge in [-0.3, -0.25) is 4.99 Å². The Kier molecular flexibility index (Phi) is 6.02. The molecule has 1 atom stereocenters. The summed E-state index contributed by atoms with van der Waals surface area (Å²) >= 11 is 10.3. The van der Waals surface area contributed by atoms with Gasteiger partial charge in [0.25, 0.3) is 0 Å². The van der Waals surface area contributed by atoms with Gasteiger partial charge in [-0.15, -0.1) is 0 Å². The van der Waals surface area contributed by atoms with E-state index in [1.54, 1.807) is 0 Å². The summed E-state index contributed by atoms with van der Waals surface area (Å²) < 4.78 is 0.997. The molecule has 1 aliphatic rings. The topological polar surface area (TPSA) is 15.6 Å². The van der Waals surface area contributed by atoms with Gasteiger partial charge in [-0.1, -0.05) is 31.5 Å². The van der Waals surface area contributed by atoms with Gasteiger partial charge in [-0.2, -0.15) is 0 Å². The van der Waals surface area contributed by atoms with Crippen molar-refractivity contribution in [3.63, 3.8) is 0 Å². The predicted molar refractivity (Wildman–Crippen MR) is 122 cm³/mol. The lowest BCUT2D eigenvalue weighted by Gasteiger charge is -2.47. The maximum absolute atomic E-state index is 6.67. The van der Waals surface area contributed by atoms with E-state index in [9.17, 15) is 0 Å². The molecule has 144 valence electrons. The highest BCUT2D eigenvalue weighted by Gasteiger charge is 2.36. The fourth-order valence-electron chi connectivity index (χ4n) is 4.12. The van der Waals surface area contributed by atoms with Crippen LogP contribution < -0.4 is 4.90 Å². The molecule has 0 spiro atoms. The second kappa shape index (κ2) is 7.97. The molecule has 27 heavy (non-hydrogen) atoms. The van der Waals surface area contributed by atoms with Crippen molar-refractivity contribution in [3.05, 3.63) is 56.5 Å². The van der Waals surface area contributed by atoms with E-state index in [2.05, 4.69) is 84.7 Å². The third kappa shape index (κ3) is 4.25. The third-order valence-electron chi connectivity index (χ3n) is 5.40. The monoisotopic (exact) mass is 446 g/mol. The maximum atomic E-state index is 6.67. The van der Waals surface area contributed by atoms with Crippen LogP contribution >= 0.6 is 27.5 Å². The van der Waals surface area contributed by atoms with Crippen LogP contribution in [-0.2, 0) is 0 Å². The van der Waals surface area contributed by atoms with E-state index in [0.717, 1.165) is 40.1 Å². The van der Waals surface area contributed by atoms with E-state index in [1.807, 2.05) is 12.3 Å². The number of nitrogens with zero attached hydrogens (tertiary/aromatic N) is 2. The van der Waals surface area contributed by atoms with Crippen molar-refractivity contribution in [2.75, 3.05) is 11.4 Å². The molecule has 0 radical (unpaired) electrons. The number of hydrogen-bond donors (Lipinski definition) is 0. The summed E-state index contributed by atoms with van der Waals surface area (Å²) in [4.78, 5) is 7.19. The van der Waals surface area contributed by atoms with Crippen LogP contribution in [-0.4, -0.2) is 18.3 Å². The van der Waals surface area contributed by atoms with Crippen molar-refractivity contribution in [1.82, 2.24) is 0 Å². The summed E-state index contributed by atoms with van der Waals surface area (Å²) in [6.07, 6.45) is 4.15. The second-order valence-electron chi connectivity index (χ2n) is 8.21. The molecular weight excluding hydrogens is 420 g/mol. The zero-order valence-electron chi connectivity index (χ0n) is 16.8. The molecule has 0 amide bonds. The van der Waals surface area contributed by atoms with Gasteiger partial charge in [0.15, 0.2) is 0 Å². The lowest BCUT2D eigenvalue weighted by molar-refractivity contribution is 0.376. The van der Waals surface area contributed by atoms with Crippen molar-refractivity contribution >= 4 is 45.1 Å². The van der Waals surface area contributed by atoms with Gasteiger partial charge in [0.2, 0.25) is 0 Å². The van der Waals surface area contributed by atoms with E-state index < -0.39 is 0 Å². The smallest absolute Gasteiger partial charge is 0.0772 e. The Bertz CT molecular complexity index is 873. The normalized spacial score (nSPS) is 18.8. The third-order valence-corrected chi connectivity index (χ3v) is 6.36. The first kappa shape index (κ1) is 20.4. The first-order valence-corrected chi connectivity index (χ1v) is 10.8. The van der Waals surface area contributed by atoms with Crippen molar-refractivity contribution in [2.24, 2.45) is 4.99 Å². The largest absolute Gasteiger partial charge is 0.366 e. The molecule has 2 nitrogen and oxygen atoms in total. The van der Waals surface area contributed by atoms with Crippen LogP contribution in [0.5, 0.6) is 0 Å². The minimum atomic E-state index is 0.147. The van der Waals surface area contributed by atoms with Gasteiger partial charge in [0.05, 0.1) is 10.7 Å². The van der Waals surface area contributed by atoms with Gasteiger partial charge in [0, 0.05) is 34.0 Å². The zero-order chi connectivity index (χ0) is 19.8. The van der Waals surface area contributed by atoms with Crippen LogP contribution in [0.15, 0.2) is 39.8 Å². The van der Waals surface area contributed by atoms with E-state index >= 15 is 0 Å². The minimum Gasteiger partial charge on any atom is -0.366 e. The minimum absolute atomic E-state index is 0.147. The number of halogens is 2. The molecule has 0 fully saturated rings. The van der Waals surface area contributed by atoms with Gasteiger partial charge in [-0.25, -0.2) is 0 Å². The molecule has 4 heteroatoms. The Balaban J connectivity index is 2.00. The molecule has 2 aromatic carbocycles. The number of fused-ring (bicyclic) bond motifs is 1. The Hall–Kier alpha value is -1.32. The molecular formula is C23H28BrClN2. The number of aryl methyl sites for hydroxylation is 1. The Morgan fingerprint density at radius 3 is 2.70 bits per heavy atom. The lowest BCUT2D eigenvalue weighted by Crippen LogP contribution is -2.48.